The summed E-state index contributed by atoms with van der Waals surface area (Å²) in [5.41, 5.74) is 0. The minimum atomic E-state index is -0.421. The van der Waals surface area contributed by atoms with E-state index in [1.807, 2.05) is 20.8 Å². The number of hydrogen-bond donors (Lipinski definition) is 1. The van der Waals surface area contributed by atoms with E-state index in [-0.39, 0.29) is 23.8 Å². The number of hydrogen-bond acceptors (Lipinski definition) is 3. The molecule has 1 fully saturated rings. The molecule has 104 valence electrons. The zero-order valence-electron chi connectivity index (χ0n) is 11.9. The van der Waals surface area contributed by atoms with Crippen LogP contribution in [0.4, 0.5) is 0 Å². The first kappa shape index (κ1) is 15.0. The van der Waals surface area contributed by atoms with Gasteiger partial charge < -0.3 is 15.0 Å². The molecule has 5 heteroatoms. The normalized spacial score (nSPS) is 27.9. The quantitative estimate of drug-likeness (QED) is 0.791. The summed E-state index contributed by atoms with van der Waals surface area (Å²) in [6.07, 6.45) is 0.790. The maximum absolute atomic E-state index is 12.4. The average Bonchev–Trinajstić information content (AvgIpc) is 2.37. The second-order valence-corrected chi connectivity index (χ2v) is 5.08. The van der Waals surface area contributed by atoms with E-state index in [0.717, 1.165) is 6.42 Å². The number of nitrogens with one attached hydrogen (secondary N) is 1. The molecular weight excluding hydrogens is 232 g/mol. The second-order valence-electron chi connectivity index (χ2n) is 5.08. The highest BCUT2D eigenvalue weighted by atomic mass is 16.5. The Morgan fingerprint density at radius 2 is 2.00 bits per heavy atom. The van der Waals surface area contributed by atoms with Crippen molar-refractivity contribution in [3.05, 3.63) is 0 Å². The van der Waals surface area contributed by atoms with Crippen molar-refractivity contribution in [2.24, 2.45) is 5.92 Å². The van der Waals surface area contributed by atoms with Gasteiger partial charge in [0, 0.05) is 13.7 Å². The van der Waals surface area contributed by atoms with E-state index in [0.29, 0.717) is 6.54 Å². The van der Waals surface area contributed by atoms with Crippen molar-refractivity contribution in [2.45, 2.75) is 52.3 Å². The number of ether oxygens (including phenoxy) is 1. The van der Waals surface area contributed by atoms with E-state index in [1.54, 1.807) is 18.9 Å². The van der Waals surface area contributed by atoms with Gasteiger partial charge in [-0.1, -0.05) is 20.3 Å². The molecule has 0 radical (unpaired) electrons. The molecule has 4 unspecified atom stereocenters. The van der Waals surface area contributed by atoms with Crippen molar-refractivity contribution in [3.8, 4) is 0 Å². The molecule has 5 nitrogen and oxygen atoms in total. The van der Waals surface area contributed by atoms with Gasteiger partial charge in [-0.15, -0.1) is 0 Å². The minimum absolute atomic E-state index is 0.000324. The summed E-state index contributed by atoms with van der Waals surface area (Å²) >= 11 is 0. The van der Waals surface area contributed by atoms with Gasteiger partial charge in [0.1, 0.15) is 12.1 Å². The Bertz CT molecular complexity index is 319. The largest absolute Gasteiger partial charge is 0.380 e. The molecule has 1 heterocycles. The predicted molar refractivity (Wildman–Crippen MR) is 69.0 cm³/mol. The van der Waals surface area contributed by atoms with Crippen LogP contribution in [0.15, 0.2) is 0 Å². The van der Waals surface area contributed by atoms with Crippen LogP contribution in [0.5, 0.6) is 0 Å². The van der Waals surface area contributed by atoms with E-state index in [1.165, 1.54) is 0 Å². The Kier molecular flexibility index (Phi) is 5.14. The Morgan fingerprint density at radius 1 is 1.39 bits per heavy atom. The van der Waals surface area contributed by atoms with Crippen LogP contribution in [-0.4, -0.2) is 48.6 Å². The van der Waals surface area contributed by atoms with Gasteiger partial charge >= 0.3 is 0 Å². The zero-order valence-corrected chi connectivity index (χ0v) is 11.9. The van der Waals surface area contributed by atoms with Crippen LogP contribution in [0.25, 0.3) is 0 Å². The zero-order chi connectivity index (χ0) is 13.9. The molecule has 1 rings (SSSR count). The molecule has 0 aromatic rings. The van der Waals surface area contributed by atoms with Gasteiger partial charge in [-0.3, -0.25) is 9.59 Å². The first-order chi connectivity index (χ1) is 8.42. The maximum Gasteiger partial charge on any atom is 0.246 e. The maximum atomic E-state index is 12.4. The lowest BCUT2D eigenvalue weighted by molar-refractivity contribution is -0.151. The van der Waals surface area contributed by atoms with E-state index < -0.39 is 12.1 Å². The number of rotatable bonds is 5. The van der Waals surface area contributed by atoms with Crippen molar-refractivity contribution in [2.75, 3.05) is 13.7 Å². The Hall–Kier alpha value is -1.10. The number of nitrogens with zero attached hydrogens (tertiary/aromatic N) is 1. The third-order valence-corrected chi connectivity index (χ3v) is 3.76. The lowest BCUT2D eigenvalue weighted by Crippen LogP contribution is -2.65. The van der Waals surface area contributed by atoms with Crippen LogP contribution >= 0.6 is 0 Å². The van der Waals surface area contributed by atoms with E-state index in [2.05, 4.69) is 5.32 Å². The monoisotopic (exact) mass is 256 g/mol. The summed E-state index contributed by atoms with van der Waals surface area (Å²) < 4.78 is 5.18. The van der Waals surface area contributed by atoms with Crippen molar-refractivity contribution >= 4 is 11.8 Å². The van der Waals surface area contributed by atoms with E-state index in [9.17, 15) is 9.59 Å². The molecule has 18 heavy (non-hydrogen) atoms. The molecule has 0 spiro atoms. The smallest absolute Gasteiger partial charge is 0.246 e. The van der Waals surface area contributed by atoms with Crippen LogP contribution in [0, 0.1) is 5.92 Å². The highest BCUT2D eigenvalue weighted by molar-refractivity contribution is 5.96. The van der Waals surface area contributed by atoms with Gasteiger partial charge in [0.15, 0.2) is 0 Å². The average molecular weight is 256 g/mol. The summed E-state index contributed by atoms with van der Waals surface area (Å²) in [6, 6.07) is -0.821. The summed E-state index contributed by atoms with van der Waals surface area (Å²) in [4.78, 5) is 25.9. The first-order valence-corrected chi connectivity index (χ1v) is 6.56. The Balaban J connectivity index is 2.85. The molecule has 1 aliphatic heterocycles. The molecule has 1 aliphatic rings. The summed E-state index contributed by atoms with van der Waals surface area (Å²) in [5, 5.41) is 2.82. The van der Waals surface area contributed by atoms with Gasteiger partial charge in [-0.25, -0.2) is 0 Å². The fourth-order valence-electron chi connectivity index (χ4n) is 2.07. The van der Waals surface area contributed by atoms with Crippen LogP contribution in [0.1, 0.15) is 34.1 Å². The minimum Gasteiger partial charge on any atom is -0.380 e. The standard InChI is InChI=1S/C13H24N2O3/c1-6-8(2)11-13(17)15(7-9(3)18-5)10(4)12(16)14-11/h8-11H,6-7H2,1-5H3,(H,14,16). The van der Waals surface area contributed by atoms with E-state index in [4.69, 9.17) is 4.74 Å². The number of piperazine rings is 1. The van der Waals surface area contributed by atoms with Crippen LogP contribution in [0.3, 0.4) is 0 Å². The molecule has 0 bridgehead atoms. The number of carbonyl (C=O) groups is 2. The van der Waals surface area contributed by atoms with Gasteiger partial charge in [0.05, 0.1) is 6.10 Å². The summed E-state index contributed by atoms with van der Waals surface area (Å²) in [5.74, 6) is 0.0675. The third-order valence-electron chi connectivity index (χ3n) is 3.76. The van der Waals surface area contributed by atoms with Crippen molar-refractivity contribution in [1.82, 2.24) is 10.2 Å². The third kappa shape index (κ3) is 3.02. The van der Waals surface area contributed by atoms with Gasteiger partial charge in [-0.2, -0.15) is 0 Å². The van der Waals surface area contributed by atoms with Crippen LogP contribution in [0.2, 0.25) is 0 Å². The highest BCUT2D eigenvalue weighted by Crippen LogP contribution is 2.18. The van der Waals surface area contributed by atoms with Crippen LogP contribution < -0.4 is 5.32 Å². The van der Waals surface area contributed by atoms with Crippen LogP contribution in [-0.2, 0) is 14.3 Å². The number of amides is 2. The van der Waals surface area contributed by atoms with E-state index >= 15 is 0 Å². The lowest BCUT2D eigenvalue weighted by Gasteiger charge is -2.40. The molecule has 4 atom stereocenters. The van der Waals surface area contributed by atoms with Gasteiger partial charge in [-0.05, 0) is 19.8 Å². The molecule has 2 amide bonds. The SMILES string of the molecule is CCC(C)C1NC(=O)C(C)N(CC(C)OC)C1=O. The summed E-state index contributed by atoms with van der Waals surface area (Å²) in [7, 11) is 1.61. The van der Waals surface area contributed by atoms with Crippen molar-refractivity contribution in [1.29, 1.82) is 0 Å². The molecule has 0 aromatic heterocycles. The fraction of sp³-hybridized carbons (Fsp3) is 0.846. The van der Waals surface area contributed by atoms with Crippen molar-refractivity contribution < 1.29 is 14.3 Å². The second kappa shape index (κ2) is 6.18. The number of carbonyl (C=O) groups excluding carboxylic acids is 2. The molecule has 0 aromatic carbocycles. The van der Waals surface area contributed by atoms with Gasteiger partial charge in [0.2, 0.25) is 11.8 Å². The van der Waals surface area contributed by atoms with Gasteiger partial charge in [0.25, 0.3) is 0 Å². The summed E-state index contributed by atoms with van der Waals surface area (Å²) in [6.45, 7) is 8.10. The molecule has 0 saturated carbocycles. The Morgan fingerprint density at radius 3 is 2.50 bits per heavy atom. The lowest BCUT2D eigenvalue weighted by atomic mass is 9.94. The molecular formula is C13H24N2O3. The highest BCUT2D eigenvalue weighted by Gasteiger charge is 2.40. The number of methoxy groups -OCH3 is 1. The fourth-order valence-corrected chi connectivity index (χ4v) is 2.07. The first-order valence-electron chi connectivity index (χ1n) is 6.56. The topological polar surface area (TPSA) is 58.6 Å². The molecule has 0 aliphatic carbocycles. The molecule has 1 saturated heterocycles. The van der Waals surface area contributed by atoms with Crippen molar-refractivity contribution in [3.63, 3.8) is 0 Å². The Labute approximate surface area is 109 Å². The molecule has 1 N–H and O–H groups in total. The predicted octanol–water partition coefficient (Wildman–Crippen LogP) is 0.783.